The second-order valence-corrected chi connectivity index (χ2v) is 6.67. The predicted molar refractivity (Wildman–Crippen MR) is 102 cm³/mol. The molecule has 0 unspecified atom stereocenters. The molecule has 1 aromatic heterocycles. The van der Waals surface area contributed by atoms with Gasteiger partial charge in [0, 0.05) is 17.6 Å². The number of hydrogen-bond acceptors (Lipinski definition) is 7. The fraction of sp³-hybridized carbons (Fsp3) is 0.312. The van der Waals surface area contributed by atoms with Crippen LogP contribution in [0.1, 0.15) is 6.42 Å². The number of rotatable bonds is 7. The Labute approximate surface area is 154 Å². The van der Waals surface area contributed by atoms with Crippen molar-refractivity contribution >= 4 is 29.2 Å². The van der Waals surface area contributed by atoms with Crippen LogP contribution in [0, 0.1) is 0 Å². The van der Waals surface area contributed by atoms with Crippen molar-refractivity contribution in [3.8, 4) is 5.75 Å². The predicted octanol–water partition coefficient (Wildman–Crippen LogP) is 0.452. The van der Waals surface area contributed by atoms with Crippen LogP contribution in [0.2, 0.25) is 0 Å². The van der Waals surface area contributed by atoms with Gasteiger partial charge in [-0.2, -0.15) is 4.98 Å². The van der Waals surface area contributed by atoms with E-state index in [-0.39, 0.29) is 11.6 Å². The summed E-state index contributed by atoms with van der Waals surface area (Å²) in [5.74, 6) is 1.21. The third-order valence-corrected chi connectivity index (χ3v) is 4.74. The Hall–Kier alpha value is -2.72. The number of benzene rings is 1. The molecule has 0 bridgehead atoms. The molecule has 1 aliphatic rings. The normalized spacial score (nSPS) is 11.9. The molecular weight excluding hydrogens is 354 g/mol. The Morgan fingerprint density at radius 3 is 2.96 bits per heavy atom. The zero-order valence-electron chi connectivity index (χ0n) is 14.1. The Bertz CT molecular complexity index is 877. The second-order valence-electron chi connectivity index (χ2n) is 5.58. The number of aromatic nitrogens is 2. The Kier molecular flexibility index (Phi) is 5.64. The first kappa shape index (κ1) is 18.1. The minimum atomic E-state index is -0.306. The van der Waals surface area contributed by atoms with Crippen molar-refractivity contribution in [1.29, 1.82) is 0 Å². The van der Waals surface area contributed by atoms with Gasteiger partial charge in [-0.1, -0.05) is 17.8 Å². The summed E-state index contributed by atoms with van der Waals surface area (Å²) in [6, 6.07) is 5.73. The van der Waals surface area contributed by atoms with Crippen LogP contribution < -0.4 is 32.9 Å². The number of hydrogen-bond donors (Lipinski definition) is 4. The van der Waals surface area contributed by atoms with Crippen molar-refractivity contribution < 1.29 is 4.74 Å². The largest absolute Gasteiger partial charge is 0.489 e. The molecule has 0 radical (unpaired) electrons. The van der Waals surface area contributed by atoms with Gasteiger partial charge in [-0.15, -0.1) is 0 Å². The Morgan fingerprint density at radius 1 is 1.35 bits per heavy atom. The summed E-state index contributed by atoms with van der Waals surface area (Å²) in [4.78, 5) is 22.1. The smallest absolute Gasteiger partial charge is 0.349 e. The van der Waals surface area contributed by atoms with Crippen LogP contribution in [-0.2, 0) is 6.54 Å². The van der Waals surface area contributed by atoms with Crippen molar-refractivity contribution in [3.63, 3.8) is 0 Å². The van der Waals surface area contributed by atoms with E-state index in [2.05, 4.69) is 15.3 Å². The molecule has 1 aromatic carbocycles. The first-order valence-corrected chi connectivity index (χ1v) is 8.98. The molecule has 0 saturated carbocycles. The number of nitrogens with two attached hydrogens (primary N) is 3. The quantitative estimate of drug-likeness (QED) is 0.264. The third kappa shape index (κ3) is 4.09. The molecule has 7 N–H and O–H groups in total. The molecule has 0 amide bonds. The summed E-state index contributed by atoms with van der Waals surface area (Å²) in [5, 5.41) is 3.20. The number of aliphatic imine (C=N–C) groups is 1. The molecule has 0 atom stereocenters. The third-order valence-electron chi connectivity index (χ3n) is 3.66. The van der Waals surface area contributed by atoms with Gasteiger partial charge in [-0.25, -0.2) is 4.79 Å². The molecule has 138 valence electrons. The lowest BCUT2D eigenvalue weighted by Crippen LogP contribution is -2.25. The Balaban J connectivity index is 1.80. The second kappa shape index (κ2) is 8.11. The van der Waals surface area contributed by atoms with Gasteiger partial charge in [0.1, 0.15) is 12.4 Å². The molecule has 0 fully saturated rings. The number of anilines is 2. The van der Waals surface area contributed by atoms with E-state index in [1.165, 1.54) is 11.8 Å². The zero-order chi connectivity index (χ0) is 18.5. The topological polar surface area (TPSA) is 147 Å². The standard InChI is InChI=1S/C16H21N7O2S/c17-5-2-7-23-9-12-14(22-16(23)24)21-13-10(3-1-4-11(13)26-12)25-8-6-20-15(18)19/h1,3-4,9H,2,5-8,17H2,(H4,18,19,20)(H,21,22,24). The van der Waals surface area contributed by atoms with E-state index in [9.17, 15) is 4.79 Å². The van der Waals surface area contributed by atoms with Crippen molar-refractivity contribution in [2.45, 2.75) is 22.8 Å². The maximum Gasteiger partial charge on any atom is 0.349 e. The molecule has 0 spiro atoms. The molecule has 0 saturated heterocycles. The van der Waals surface area contributed by atoms with E-state index in [0.717, 1.165) is 21.9 Å². The van der Waals surface area contributed by atoms with E-state index in [1.54, 1.807) is 4.57 Å². The molecular formula is C16H21N7O2S. The maximum absolute atomic E-state index is 12.2. The first-order valence-electron chi connectivity index (χ1n) is 8.16. The monoisotopic (exact) mass is 375 g/mol. The van der Waals surface area contributed by atoms with Crippen LogP contribution in [0.25, 0.3) is 0 Å². The average molecular weight is 375 g/mol. The van der Waals surface area contributed by atoms with Crippen LogP contribution >= 0.6 is 11.8 Å². The van der Waals surface area contributed by atoms with Crippen LogP contribution in [0.5, 0.6) is 5.75 Å². The van der Waals surface area contributed by atoms with Crippen molar-refractivity contribution in [2.24, 2.45) is 22.2 Å². The molecule has 2 aromatic rings. The number of nitrogens with one attached hydrogen (secondary N) is 1. The minimum absolute atomic E-state index is 0.0291. The van der Waals surface area contributed by atoms with Crippen LogP contribution in [0.15, 0.2) is 44.0 Å². The van der Waals surface area contributed by atoms with E-state index >= 15 is 0 Å². The van der Waals surface area contributed by atoms with Crippen molar-refractivity contribution in [2.75, 3.05) is 25.0 Å². The fourth-order valence-electron chi connectivity index (χ4n) is 2.47. The van der Waals surface area contributed by atoms with E-state index in [4.69, 9.17) is 21.9 Å². The molecule has 9 nitrogen and oxygen atoms in total. The molecule has 0 aliphatic carbocycles. The van der Waals surface area contributed by atoms with Gasteiger partial charge in [0.25, 0.3) is 0 Å². The highest BCUT2D eigenvalue weighted by atomic mass is 32.2. The Morgan fingerprint density at radius 2 is 2.19 bits per heavy atom. The maximum atomic E-state index is 12.2. The summed E-state index contributed by atoms with van der Waals surface area (Å²) in [6.45, 7) is 1.77. The van der Waals surface area contributed by atoms with Crippen molar-refractivity contribution in [3.05, 3.63) is 34.9 Å². The zero-order valence-corrected chi connectivity index (χ0v) is 15.0. The average Bonchev–Trinajstić information content (AvgIpc) is 2.62. The summed E-state index contributed by atoms with van der Waals surface area (Å²) in [6.07, 6.45) is 2.54. The number of ether oxygens (including phenoxy) is 1. The minimum Gasteiger partial charge on any atom is -0.489 e. The lowest BCUT2D eigenvalue weighted by Gasteiger charge is -2.22. The van der Waals surface area contributed by atoms with Gasteiger partial charge >= 0.3 is 5.69 Å². The molecule has 10 heteroatoms. The summed E-state index contributed by atoms with van der Waals surface area (Å²) in [5.41, 5.74) is 16.6. The van der Waals surface area contributed by atoms with Gasteiger partial charge < -0.3 is 27.3 Å². The number of aryl methyl sites for hydroxylation is 1. The summed E-state index contributed by atoms with van der Waals surface area (Å²) in [7, 11) is 0. The van der Waals surface area contributed by atoms with Gasteiger partial charge in [-0.05, 0) is 25.1 Å². The first-order chi connectivity index (χ1) is 12.6. The van der Waals surface area contributed by atoms with E-state index in [1.807, 2.05) is 24.4 Å². The highest BCUT2D eigenvalue weighted by Gasteiger charge is 2.21. The summed E-state index contributed by atoms with van der Waals surface area (Å²) < 4.78 is 7.34. The lowest BCUT2D eigenvalue weighted by molar-refractivity contribution is 0.329. The van der Waals surface area contributed by atoms with Gasteiger partial charge in [-0.3, -0.25) is 9.56 Å². The number of fused-ring (bicyclic) bond motifs is 2. The molecule has 3 rings (SSSR count). The number of guanidine groups is 1. The van der Waals surface area contributed by atoms with E-state index < -0.39 is 0 Å². The van der Waals surface area contributed by atoms with E-state index in [0.29, 0.717) is 37.8 Å². The fourth-order valence-corrected chi connectivity index (χ4v) is 3.48. The SMILES string of the molecule is NCCCn1cc2c(nc1=O)Nc1c(OCCN=C(N)N)cccc1S2. The van der Waals surface area contributed by atoms with Crippen molar-refractivity contribution in [1.82, 2.24) is 9.55 Å². The van der Waals surface area contributed by atoms with Crippen LogP contribution in [0.3, 0.4) is 0 Å². The highest BCUT2D eigenvalue weighted by molar-refractivity contribution is 7.99. The highest BCUT2D eigenvalue weighted by Crippen LogP contribution is 2.46. The van der Waals surface area contributed by atoms with Crippen LogP contribution in [-0.4, -0.2) is 35.2 Å². The number of para-hydroxylation sites is 1. The van der Waals surface area contributed by atoms with Gasteiger partial charge in [0.2, 0.25) is 0 Å². The molecule has 26 heavy (non-hydrogen) atoms. The molecule has 2 heterocycles. The number of nitrogens with zero attached hydrogens (tertiary/aromatic N) is 3. The van der Waals surface area contributed by atoms with Gasteiger partial charge in [0.15, 0.2) is 11.8 Å². The summed E-state index contributed by atoms with van der Waals surface area (Å²) >= 11 is 1.53. The van der Waals surface area contributed by atoms with Crippen LogP contribution in [0.4, 0.5) is 11.5 Å². The lowest BCUT2D eigenvalue weighted by atomic mass is 10.3. The molecule has 1 aliphatic heterocycles. The van der Waals surface area contributed by atoms with Gasteiger partial charge in [0.05, 0.1) is 17.1 Å².